The number of rotatable bonds is 9. The van der Waals surface area contributed by atoms with Crippen LogP contribution in [0.3, 0.4) is 0 Å². The van der Waals surface area contributed by atoms with Gasteiger partial charge >= 0.3 is 0 Å². The molecule has 4 aromatic rings. The second kappa shape index (κ2) is 9.40. The van der Waals surface area contributed by atoms with Crippen LogP contribution in [0.2, 0.25) is 0 Å². The molecule has 0 aliphatic carbocycles. The number of aromatic nitrogens is 4. The zero-order valence-corrected chi connectivity index (χ0v) is 19.1. The molecule has 160 valence electrons. The number of hydrogen-bond donors (Lipinski definition) is 0. The van der Waals surface area contributed by atoms with Crippen molar-refractivity contribution in [3.05, 3.63) is 60.0 Å². The van der Waals surface area contributed by atoms with E-state index in [0.717, 1.165) is 38.6 Å². The van der Waals surface area contributed by atoms with Gasteiger partial charge in [-0.15, -0.1) is 28.1 Å². The molecule has 1 aromatic carbocycles. The fourth-order valence-electron chi connectivity index (χ4n) is 3.12. The van der Waals surface area contributed by atoms with Gasteiger partial charge in [-0.1, -0.05) is 17.8 Å². The summed E-state index contributed by atoms with van der Waals surface area (Å²) in [6, 6.07) is 7.72. The quantitative estimate of drug-likeness (QED) is 0.245. The molecule has 0 radical (unpaired) electrons. The molecule has 0 bridgehead atoms. The first kappa shape index (κ1) is 21.2. The molecule has 0 saturated heterocycles. The Morgan fingerprint density at radius 1 is 1.19 bits per heavy atom. The van der Waals surface area contributed by atoms with E-state index in [0.29, 0.717) is 23.8 Å². The molecule has 0 saturated carbocycles. The van der Waals surface area contributed by atoms with E-state index in [1.807, 2.05) is 41.8 Å². The first-order chi connectivity index (χ1) is 15.1. The van der Waals surface area contributed by atoms with E-state index in [-0.39, 0.29) is 0 Å². The van der Waals surface area contributed by atoms with E-state index >= 15 is 0 Å². The summed E-state index contributed by atoms with van der Waals surface area (Å²) in [5, 5.41) is 12.6. The molecule has 9 heteroatoms. The highest BCUT2D eigenvalue weighted by Gasteiger charge is 2.17. The Labute approximate surface area is 188 Å². The number of hydrogen-bond acceptors (Lipinski definition) is 8. The van der Waals surface area contributed by atoms with Crippen molar-refractivity contribution in [3.63, 3.8) is 0 Å². The predicted molar refractivity (Wildman–Crippen MR) is 123 cm³/mol. The maximum absolute atomic E-state index is 5.43. The molecule has 0 unspecified atom stereocenters. The highest BCUT2D eigenvalue weighted by atomic mass is 32.2. The fraction of sp³-hybridized carbons (Fsp3) is 0.227. The average Bonchev–Trinajstić information content (AvgIpc) is 3.52. The van der Waals surface area contributed by atoms with Gasteiger partial charge in [0, 0.05) is 23.2 Å². The number of furan rings is 1. The number of thiazole rings is 1. The molecule has 0 amide bonds. The zero-order valence-electron chi connectivity index (χ0n) is 17.5. The van der Waals surface area contributed by atoms with Crippen LogP contribution in [0.5, 0.6) is 11.5 Å². The fourth-order valence-corrected chi connectivity index (χ4v) is 4.88. The highest BCUT2D eigenvalue weighted by molar-refractivity contribution is 7.98. The van der Waals surface area contributed by atoms with Gasteiger partial charge in [-0.2, -0.15) is 0 Å². The van der Waals surface area contributed by atoms with Crippen molar-refractivity contribution >= 4 is 23.1 Å². The molecule has 4 rings (SSSR count). The van der Waals surface area contributed by atoms with Crippen LogP contribution in [-0.2, 0) is 12.3 Å². The Morgan fingerprint density at radius 2 is 2.03 bits per heavy atom. The van der Waals surface area contributed by atoms with Gasteiger partial charge in [0.15, 0.2) is 22.5 Å². The van der Waals surface area contributed by atoms with Crippen LogP contribution in [0.25, 0.3) is 22.0 Å². The van der Waals surface area contributed by atoms with Crippen molar-refractivity contribution in [2.75, 3.05) is 14.2 Å². The number of aryl methyl sites for hydroxylation is 1. The van der Waals surface area contributed by atoms with Gasteiger partial charge in [0.2, 0.25) is 0 Å². The Bertz CT molecular complexity index is 1200. The van der Waals surface area contributed by atoms with E-state index in [9.17, 15) is 0 Å². The molecule has 31 heavy (non-hydrogen) atoms. The van der Waals surface area contributed by atoms with Crippen molar-refractivity contribution in [3.8, 4) is 33.5 Å². The lowest BCUT2D eigenvalue weighted by Crippen LogP contribution is -2.00. The number of benzene rings is 1. The van der Waals surface area contributed by atoms with E-state index in [4.69, 9.17) is 18.9 Å². The average molecular weight is 455 g/mol. The van der Waals surface area contributed by atoms with Crippen LogP contribution in [0, 0.1) is 6.92 Å². The molecule has 3 heterocycles. The Balaban J connectivity index is 1.52. The van der Waals surface area contributed by atoms with Crippen LogP contribution in [0.4, 0.5) is 0 Å². The Hall–Kier alpha value is -3.04. The third-order valence-corrected chi connectivity index (χ3v) is 6.60. The summed E-state index contributed by atoms with van der Waals surface area (Å²) in [6.45, 7) is 6.40. The molecule has 0 atom stereocenters. The minimum Gasteiger partial charge on any atom is -0.493 e. The number of thioether (sulfide) groups is 1. The summed E-state index contributed by atoms with van der Waals surface area (Å²) >= 11 is 3.19. The maximum atomic E-state index is 5.43. The predicted octanol–water partition coefficient (Wildman–Crippen LogP) is 5.47. The van der Waals surface area contributed by atoms with Gasteiger partial charge < -0.3 is 13.9 Å². The van der Waals surface area contributed by atoms with E-state index in [1.54, 1.807) is 43.6 Å². The molecule has 3 aromatic heterocycles. The van der Waals surface area contributed by atoms with Crippen LogP contribution in [0.1, 0.15) is 11.5 Å². The second-order valence-electron chi connectivity index (χ2n) is 6.60. The van der Waals surface area contributed by atoms with E-state index < -0.39 is 0 Å². The zero-order chi connectivity index (χ0) is 21.8. The number of allylic oxidation sites excluding steroid dienone is 1. The minimum absolute atomic E-state index is 0.614. The van der Waals surface area contributed by atoms with Crippen molar-refractivity contribution in [2.45, 2.75) is 24.4 Å². The standard InChI is InChI=1S/C22H22N4O3S2/c1-5-9-26-20(17-8-10-29-14(17)2)24-25-22(26)31-13-16-12-30-21(23-16)15-6-7-18(27-3)19(11-15)28-4/h5-8,10-12H,1,9,13H2,2-4H3. The van der Waals surface area contributed by atoms with Crippen LogP contribution in [-0.4, -0.2) is 34.0 Å². The maximum Gasteiger partial charge on any atom is 0.192 e. The first-order valence-corrected chi connectivity index (χ1v) is 11.4. The molecule has 0 fully saturated rings. The number of nitrogens with zero attached hydrogens (tertiary/aromatic N) is 4. The number of methoxy groups -OCH3 is 2. The number of ether oxygens (including phenoxy) is 2. The summed E-state index contributed by atoms with van der Waals surface area (Å²) < 4.78 is 18.2. The van der Waals surface area contributed by atoms with Crippen LogP contribution in [0.15, 0.2) is 58.1 Å². The monoisotopic (exact) mass is 454 g/mol. The smallest absolute Gasteiger partial charge is 0.192 e. The largest absolute Gasteiger partial charge is 0.493 e. The SMILES string of the molecule is C=CCn1c(SCc2csc(-c3ccc(OC)c(OC)c3)n2)nnc1-c1ccoc1C. The summed E-state index contributed by atoms with van der Waals surface area (Å²) in [4.78, 5) is 4.78. The Morgan fingerprint density at radius 3 is 2.74 bits per heavy atom. The normalized spacial score (nSPS) is 10.9. The summed E-state index contributed by atoms with van der Waals surface area (Å²) in [5.41, 5.74) is 2.91. The highest BCUT2D eigenvalue weighted by Crippen LogP contribution is 2.35. The van der Waals surface area contributed by atoms with Crippen molar-refractivity contribution < 1.29 is 13.9 Å². The van der Waals surface area contributed by atoms with Crippen molar-refractivity contribution in [1.29, 1.82) is 0 Å². The molecular weight excluding hydrogens is 432 g/mol. The van der Waals surface area contributed by atoms with Crippen molar-refractivity contribution in [2.24, 2.45) is 0 Å². The van der Waals surface area contributed by atoms with Gasteiger partial charge in [-0.25, -0.2) is 4.98 Å². The topological polar surface area (TPSA) is 75.2 Å². The Kier molecular flexibility index (Phi) is 6.43. The third-order valence-electron chi connectivity index (χ3n) is 4.66. The van der Waals surface area contributed by atoms with Gasteiger partial charge in [-0.05, 0) is 31.2 Å². The molecule has 0 N–H and O–H groups in total. The van der Waals surface area contributed by atoms with E-state index in [1.165, 1.54) is 0 Å². The van der Waals surface area contributed by atoms with Gasteiger partial charge in [0.25, 0.3) is 0 Å². The molecule has 0 spiro atoms. The molecule has 7 nitrogen and oxygen atoms in total. The van der Waals surface area contributed by atoms with Crippen molar-refractivity contribution in [1.82, 2.24) is 19.7 Å². The lowest BCUT2D eigenvalue weighted by molar-refractivity contribution is 0.355. The first-order valence-electron chi connectivity index (χ1n) is 9.52. The van der Waals surface area contributed by atoms with Crippen LogP contribution >= 0.6 is 23.1 Å². The molecule has 0 aliphatic rings. The third kappa shape index (κ3) is 4.38. The lowest BCUT2D eigenvalue weighted by atomic mass is 10.2. The van der Waals surface area contributed by atoms with Gasteiger partial charge in [0.05, 0.1) is 31.7 Å². The second-order valence-corrected chi connectivity index (χ2v) is 8.40. The minimum atomic E-state index is 0.614. The summed E-state index contributed by atoms with van der Waals surface area (Å²) in [6.07, 6.45) is 3.50. The van der Waals surface area contributed by atoms with E-state index in [2.05, 4.69) is 22.2 Å². The summed E-state index contributed by atoms with van der Waals surface area (Å²) in [5.74, 6) is 3.66. The summed E-state index contributed by atoms with van der Waals surface area (Å²) in [7, 11) is 3.25. The van der Waals surface area contributed by atoms with Crippen LogP contribution < -0.4 is 9.47 Å². The van der Waals surface area contributed by atoms with Gasteiger partial charge in [0.1, 0.15) is 10.8 Å². The molecular formula is C22H22N4O3S2. The van der Waals surface area contributed by atoms with Gasteiger partial charge in [-0.3, -0.25) is 4.57 Å². The molecule has 0 aliphatic heterocycles. The lowest BCUT2D eigenvalue weighted by Gasteiger charge is -2.08.